The summed E-state index contributed by atoms with van der Waals surface area (Å²) in [7, 11) is 7.68. The molecule has 16 nitrogen and oxygen atoms in total. The van der Waals surface area contributed by atoms with E-state index in [9.17, 15) is 34.9 Å². The Morgan fingerprint density at radius 1 is 0.724 bits per heavy atom. The van der Waals surface area contributed by atoms with Gasteiger partial charge in [0.2, 0.25) is 0 Å². The Hall–Kier alpha value is -4.78. The minimum Gasteiger partial charge on any atom is -0.507 e. The van der Waals surface area contributed by atoms with E-state index in [0.717, 1.165) is 25.8 Å². The number of amides is 2. The predicted molar refractivity (Wildman–Crippen MR) is 226 cm³/mol. The average molecular weight is 887 g/mol. The lowest BCUT2D eigenvalue weighted by Gasteiger charge is -2.14. The fourth-order valence-electron chi connectivity index (χ4n) is 4.36. The van der Waals surface area contributed by atoms with Gasteiger partial charge in [0, 0.05) is 60.6 Å². The number of nitrogens with one attached hydrogen (secondary N) is 2. The van der Waals surface area contributed by atoms with Crippen molar-refractivity contribution in [3.8, 4) is 11.5 Å². The van der Waals surface area contributed by atoms with Gasteiger partial charge in [0.05, 0.1) is 49.0 Å². The van der Waals surface area contributed by atoms with E-state index < -0.39 is 21.7 Å². The number of benzene rings is 4. The molecule has 2 amide bonds. The Balaban J connectivity index is 0.000000320. The summed E-state index contributed by atoms with van der Waals surface area (Å²) in [5.41, 5.74) is 0.294. The Labute approximate surface area is 355 Å². The molecular weight excluding hydrogens is 842 g/mol. The van der Waals surface area contributed by atoms with Crippen LogP contribution in [0.2, 0.25) is 20.1 Å². The molecule has 4 N–H and O–H groups in total. The summed E-state index contributed by atoms with van der Waals surface area (Å²) in [6.45, 7) is 4.10. The first kappa shape index (κ1) is 49.4. The van der Waals surface area contributed by atoms with Crippen molar-refractivity contribution in [1.29, 1.82) is 0 Å². The van der Waals surface area contributed by atoms with Crippen LogP contribution >= 0.6 is 46.4 Å². The number of phenolic OH excluding ortho intramolecular Hbond substituents is 1. The highest BCUT2D eigenvalue weighted by Gasteiger charge is 2.18. The van der Waals surface area contributed by atoms with Gasteiger partial charge < -0.3 is 40.1 Å². The lowest BCUT2D eigenvalue weighted by atomic mass is 10.1. The van der Waals surface area contributed by atoms with Crippen LogP contribution in [0.25, 0.3) is 0 Å². The summed E-state index contributed by atoms with van der Waals surface area (Å²) in [5, 5.41) is 45.0. The van der Waals surface area contributed by atoms with Crippen LogP contribution in [-0.2, 0) is 4.74 Å². The maximum absolute atomic E-state index is 12.6. The molecular formula is C38H44Cl4N6O10. The van der Waals surface area contributed by atoms with E-state index in [1.807, 2.05) is 38.0 Å². The molecule has 1 fully saturated rings. The lowest BCUT2D eigenvalue weighted by Crippen LogP contribution is -2.21. The number of carbonyl (C=O) groups is 2. The molecule has 0 aromatic heterocycles. The summed E-state index contributed by atoms with van der Waals surface area (Å²) in [6, 6.07) is 16.2. The van der Waals surface area contributed by atoms with Gasteiger partial charge >= 0.3 is 0 Å². The van der Waals surface area contributed by atoms with Gasteiger partial charge in [-0.1, -0.05) is 46.4 Å². The monoisotopic (exact) mass is 884 g/mol. The molecule has 0 spiro atoms. The van der Waals surface area contributed by atoms with Crippen molar-refractivity contribution in [2.24, 2.45) is 0 Å². The topological polar surface area (TPSA) is 210 Å². The van der Waals surface area contributed by atoms with Gasteiger partial charge in [-0.15, -0.1) is 0 Å². The van der Waals surface area contributed by atoms with Crippen molar-refractivity contribution in [2.45, 2.75) is 12.8 Å². The van der Waals surface area contributed by atoms with Crippen LogP contribution in [0.5, 0.6) is 11.5 Å². The van der Waals surface area contributed by atoms with Crippen molar-refractivity contribution in [2.75, 3.05) is 78.3 Å². The molecule has 0 radical (unpaired) electrons. The number of aliphatic hydroxyl groups is 1. The summed E-state index contributed by atoms with van der Waals surface area (Å²) in [5.74, 6) is -0.976. The molecule has 0 saturated carbocycles. The Kier molecular flexibility index (Phi) is 21.7. The zero-order valence-electron chi connectivity index (χ0n) is 32.0. The number of non-ortho nitro benzene ring substituents is 2. The zero-order valence-corrected chi connectivity index (χ0v) is 35.1. The molecule has 0 atom stereocenters. The van der Waals surface area contributed by atoms with Gasteiger partial charge in [-0.3, -0.25) is 29.8 Å². The number of nitrogens with zero attached hydrogens (tertiary/aromatic N) is 4. The van der Waals surface area contributed by atoms with Crippen molar-refractivity contribution in [3.05, 3.63) is 124 Å². The molecule has 58 heavy (non-hydrogen) atoms. The molecule has 1 heterocycles. The number of aromatic hydroxyl groups is 1. The van der Waals surface area contributed by atoms with E-state index in [2.05, 4.69) is 10.6 Å². The average Bonchev–Trinajstić information content (AvgIpc) is 3.76. The first-order valence-electron chi connectivity index (χ1n) is 17.3. The van der Waals surface area contributed by atoms with Crippen LogP contribution in [0.15, 0.2) is 72.8 Å². The number of rotatable bonds is 12. The van der Waals surface area contributed by atoms with E-state index in [0.29, 0.717) is 23.9 Å². The van der Waals surface area contributed by atoms with Gasteiger partial charge in [-0.05, 0) is 89.6 Å². The fraction of sp³-hybridized carbons (Fsp3) is 0.316. The highest BCUT2D eigenvalue weighted by molar-refractivity contribution is 6.35. The smallest absolute Gasteiger partial charge is 0.271 e. The molecule has 1 aliphatic heterocycles. The minimum atomic E-state index is -0.634. The first-order valence-corrected chi connectivity index (χ1v) is 18.8. The van der Waals surface area contributed by atoms with E-state index in [1.165, 1.54) is 67.4 Å². The van der Waals surface area contributed by atoms with Crippen LogP contribution < -0.4 is 15.4 Å². The summed E-state index contributed by atoms with van der Waals surface area (Å²) < 4.78 is 10.6. The lowest BCUT2D eigenvalue weighted by molar-refractivity contribution is -0.385. The number of anilines is 2. The number of aliphatic hydroxyl groups excluding tert-OH is 1. The quantitative estimate of drug-likeness (QED) is 0.0782. The second-order valence-electron chi connectivity index (χ2n) is 12.6. The van der Waals surface area contributed by atoms with Crippen molar-refractivity contribution in [3.63, 3.8) is 0 Å². The van der Waals surface area contributed by atoms with Crippen LogP contribution in [0.3, 0.4) is 0 Å². The highest BCUT2D eigenvalue weighted by Crippen LogP contribution is 2.30. The van der Waals surface area contributed by atoms with Gasteiger partial charge in [-0.25, -0.2) is 0 Å². The molecule has 1 saturated heterocycles. The second-order valence-corrected chi connectivity index (χ2v) is 14.2. The molecule has 0 aliphatic carbocycles. The van der Waals surface area contributed by atoms with Gasteiger partial charge in [0.25, 0.3) is 23.2 Å². The number of nitro groups is 2. The molecule has 5 rings (SSSR count). The first-order chi connectivity index (χ1) is 27.4. The predicted octanol–water partition coefficient (Wildman–Crippen LogP) is 8.29. The van der Waals surface area contributed by atoms with Gasteiger partial charge in [-0.2, -0.15) is 0 Å². The van der Waals surface area contributed by atoms with Crippen LogP contribution in [-0.4, -0.2) is 109 Å². The van der Waals surface area contributed by atoms with E-state index in [1.54, 1.807) is 12.1 Å². The van der Waals surface area contributed by atoms with Crippen molar-refractivity contribution >= 4 is 81.0 Å². The Morgan fingerprint density at radius 2 is 1.19 bits per heavy atom. The summed E-state index contributed by atoms with van der Waals surface area (Å²) in [4.78, 5) is 48.7. The largest absolute Gasteiger partial charge is 0.507 e. The summed E-state index contributed by atoms with van der Waals surface area (Å²) >= 11 is 23.6. The summed E-state index contributed by atoms with van der Waals surface area (Å²) in [6.07, 6.45) is 2.56. The molecule has 0 bridgehead atoms. The molecule has 20 heteroatoms. The number of halogens is 4. The molecule has 1 aliphatic rings. The SMILES string of the molecule is C1CCOC1.CN(C)CCO.CN(C)CCOc1ccc(Cl)cc1C(=O)Nc1ccc([N+](=O)[O-])cc1Cl.O=C(Nc1ccc([N+](=O)[O-])cc1Cl)c1cc(Cl)ccc1O. The number of hydrogen-bond donors (Lipinski definition) is 4. The molecule has 314 valence electrons. The van der Waals surface area contributed by atoms with E-state index in [-0.39, 0.29) is 61.3 Å². The Morgan fingerprint density at radius 3 is 1.59 bits per heavy atom. The number of ether oxygens (including phenoxy) is 2. The van der Waals surface area contributed by atoms with E-state index >= 15 is 0 Å². The maximum atomic E-state index is 12.6. The van der Waals surface area contributed by atoms with E-state index in [4.69, 9.17) is 61.0 Å². The molecule has 4 aromatic rings. The molecule has 0 unspecified atom stereocenters. The van der Waals surface area contributed by atoms with Crippen LogP contribution in [0.1, 0.15) is 33.6 Å². The Bertz CT molecular complexity index is 1990. The van der Waals surface area contributed by atoms with Crippen molar-refractivity contribution < 1.29 is 39.1 Å². The number of likely N-dealkylation sites (N-methyl/N-ethyl adjacent to an activating group) is 2. The number of phenols is 1. The van der Waals surface area contributed by atoms with Gasteiger partial charge in [0.1, 0.15) is 18.1 Å². The minimum absolute atomic E-state index is 0.0130. The van der Waals surface area contributed by atoms with Crippen LogP contribution in [0, 0.1) is 20.2 Å². The zero-order chi connectivity index (χ0) is 43.4. The van der Waals surface area contributed by atoms with Crippen LogP contribution in [0.4, 0.5) is 22.7 Å². The number of carbonyl (C=O) groups excluding carboxylic acids is 2. The van der Waals surface area contributed by atoms with Crippen molar-refractivity contribution in [1.82, 2.24) is 9.80 Å². The third kappa shape index (κ3) is 17.8. The number of hydrogen-bond acceptors (Lipinski definition) is 12. The van der Waals surface area contributed by atoms with Gasteiger partial charge in [0.15, 0.2) is 0 Å². The normalized spacial score (nSPS) is 11.6. The third-order valence-corrected chi connectivity index (χ3v) is 8.48. The highest BCUT2D eigenvalue weighted by atomic mass is 35.5. The third-order valence-electron chi connectivity index (χ3n) is 7.38. The fourth-order valence-corrected chi connectivity index (χ4v) is 5.15. The molecule has 4 aromatic carbocycles. The standard InChI is InChI=1S/C17H17Cl2N3O4.C13H8Cl2N2O4.C4H11NO.C4H8O/c1-21(2)7-8-26-16-6-3-11(18)9-13(16)17(23)20-15-5-4-12(22(24)25)10-14(15)19;14-7-1-4-12(18)9(5-7)13(19)16-11-3-2-8(17(20)21)6-10(11)15;1-5(2)3-4-6;1-2-4-5-3-1/h3-6,9-10H,7-8H2,1-2H3,(H,20,23);1-6,18H,(H,16,19);6H,3-4H2,1-2H3;1-4H2. The maximum Gasteiger partial charge on any atom is 0.271 e. The second kappa shape index (κ2) is 25.6. The number of nitro benzene ring substituents is 2.